The van der Waals surface area contributed by atoms with Crippen molar-refractivity contribution in [3.05, 3.63) is 59.7 Å². The van der Waals surface area contributed by atoms with Crippen LogP contribution in [-0.2, 0) is 14.3 Å². The van der Waals surface area contributed by atoms with Gasteiger partial charge in [0, 0.05) is 12.5 Å². The van der Waals surface area contributed by atoms with Gasteiger partial charge in [-0.1, -0.05) is 48.5 Å². The summed E-state index contributed by atoms with van der Waals surface area (Å²) in [5, 5.41) is 9.31. The molecule has 6 nitrogen and oxygen atoms in total. The third-order valence-corrected chi connectivity index (χ3v) is 5.32. The number of hydrogen-bond donors (Lipinski definition) is 1. The zero-order valence-electron chi connectivity index (χ0n) is 15.1. The van der Waals surface area contributed by atoms with E-state index in [-0.39, 0.29) is 25.7 Å². The second-order valence-electron chi connectivity index (χ2n) is 7.11. The molecule has 1 unspecified atom stereocenters. The number of rotatable bonds is 3. The second kappa shape index (κ2) is 6.70. The van der Waals surface area contributed by atoms with Crippen molar-refractivity contribution in [2.24, 2.45) is 0 Å². The van der Waals surface area contributed by atoms with E-state index < -0.39 is 17.7 Å². The minimum atomic E-state index is -1.40. The number of aliphatic carboxylic acids is 1. The topological polar surface area (TPSA) is 76.1 Å². The summed E-state index contributed by atoms with van der Waals surface area (Å²) in [6.45, 7) is 2.15. The van der Waals surface area contributed by atoms with Crippen LogP contribution in [0.1, 0.15) is 24.0 Å². The molecule has 140 valence electrons. The molecule has 2 aromatic carbocycles. The molecule has 1 aliphatic carbocycles. The molecular formula is C21H21NO5. The summed E-state index contributed by atoms with van der Waals surface area (Å²) in [4.78, 5) is 25.3. The van der Waals surface area contributed by atoms with Gasteiger partial charge < -0.3 is 19.5 Å². The summed E-state index contributed by atoms with van der Waals surface area (Å²) in [7, 11) is 0. The third kappa shape index (κ3) is 3.06. The fourth-order valence-corrected chi connectivity index (χ4v) is 3.84. The van der Waals surface area contributed by atoms with Gasteiger partial charge in [0.05, 0.1) is 13.2 Å². The normalized spacial score (nSPS) is 21.4. The maximum absolute atomic E-state index is 12.5. The van der Waals surface area contributed by atoms with Crippen molar-refractivity contribution in [2.75, 3.05) is 26.3 Å². The lowest BCUT2D eigenvalue weighted by molar-refractivity contribution is -0.172. The van der Waals surface area contributed by atoms with Crippen molar-refractivity contribution < 1.29 is 24.2 Å². The molecule has 0 aromatic heterocycles. The van der Waals surface area contributed by atoms with E-state index in [2.05, 4.69) is 24.3 Å². The van der Waals surface area contributed by atoms with E-state index in [4.69, 9.17) is 9.47 Å². The molecule has 1 saturated heterocycles. The Morgan fingerprint density at radius 2 is 1.74 bits per heavy atom. The summed E-state index contributed by atoms with van der Waals surface area (Å²) in [6, 6.07) is 16.3. The highest BCUT2D eigenvalue weighted by Gasteiger charge is 2.41. The van der Waals surface area contributed by atoms with Crippen molar-refractivity contribution in [2.45, 2.75) is 18.4 Å². The van der Waals surface area contributed by atoms with Gasteiger partial charge in [-0.3, -0.25) is 0 Å². The zero-order chi connectivity index (χ0) is 19.0. The molecule has 0 saturated carbocycles. The average molecular weight is 367 g/mol. The van der Waals surface area contributed by atoms with Gasteiger partial charge in [0.2, 0.25) is 0 Å². The van der Waals surface area contributed by atoms with Gasteiger partial charge in [0.25, 0.3) is 0 Å². The molecule has 0 spiro atoms. The monoisotopic (exact) mass is 367 g/mol. The number of hydrogen-bond acceptors (Lipinski definition) is 4. The number of fused-ring (bicyclic) bond motifs is 3. The molecule has 1 fully saturated rings. The highest BCUT2D eigenvalue weighted by Crippen LogP contribution is 2.44. The maximum atomic E-state index is 12.5. The third-order valence-electron chi connectivity index (χ3n) is 5.32. The maximum Gasteiger partial charge on any atom is 0.409 e. The van der Waals surface area contributed by atoms with Gasteiger partial charge in [0.1, 0.15) is 6.61 Å². The van der Waals surface area contributed by atoms with Crippen molar-refractivity contribution >= 4 is 12.1 Å². The number of carboxylic acid groups (broad SMARTS) is 1. The van der Waals surface area contributed by atoms with Crippen LogP contribution in [0.3, 0.4) is 0 Å². The SMILES string of the molecule is CC1(C(=O)O)CN(C(=O)OCC2c3ccccc3-c3ccccc32)CCO1. The summed E-state index contributed by atoms with van der Waals surface area (Å²) in [5.74, 6) is -1.10. The number of carbonyl (C=O) groups excluding carboxylic acids is 1. The molecule has 0 radical (unpaired) electrons. The van der Waals surface area contributed by atoms with Gasteiger partial charge in [-0.15, -0.1) is 0 Å². The number of nitrogens with zero attached hydrogens (tertiary/aromatic N) is 1. The Morgan fingerprint density at radius 3 is 2.33 bits per heavy atom. The molecule has 0 bridgehead atoms. The van der Waals surface area contributed by atoms with Crippen LogP contribution in [0.2, 0.25) is 0 Å². The fourth-order valence-electron chi connectivity index (χ4n) is 3.84. The predicted molar refractivity (Wildman–Crippen MR) is 98.6 cm³/mol. The second-order valence-corrected chi connectivity index (χ2v) is 7.11. The lowest BCUT2D eigenvalue weighted by Gasteiger charge is -2.36. The molecule has 1 aliphatic heterocycles. The van der Waals surface area contributed by atoms with Gasteiger partial charge in [-0.25, -0.2) is 9.59 Å². The summed E-state index contributed by atoms with van der Waals surface area (Å²) in [6.07, 6.45) is -0.507. The van der Waals surface area contributed by atoms with Crippen LogP contribution >= 0.6 is 0 Å². The first kappa shape index (κ1) is 17.5. The van der Waals surface area contributed by atoms with E-state index in [0.29, 0.717) is 6.54 Å². The molecule has 2 aromatic rings. The van der Waals surface area contributed by atoms with Gasteiger partial charge in [-0.2, -0.15) is 0 Å². The largest absolute Gasteiger partial charge is 0.479 e. The van der Waals surface area contributed by atoms with Crippen LogP contribution in [0.15, 0.2) is 48.5 Å². The number of ether oxygens (including phenoxy) is 2. The van der Waals surface area contributed by atoms with Gasteiger partial charge in [-0.05, 0) is 29.2 Å². The minimum absolute atomic E-state index is 0.0201. The number of morpholine rings is 1. The van der Waals surface area contributed by atoms with Crippen LogP contribution in [-0.4, -0.2) is 54.0 Å². The van der Waals surface area contributed by atoms with E-state index >= 15 is 0 Å². The van der Waals surface area contributed by atoms with Crippen molar-refractivity contribution in [1.82, 2.24) is 4.90 Å². The summed E-state index contributed by atoms with van der Waals surface area (Å²) >= 11 is 0. The first-order valence-electron chi connectivity index (χ1n) is 8.97. The smallest absolute Gasteiger partial charge is 0.409 e. The quantitative estimate of drug-likeness (QED) is 0.902. The fraction of sp³-hybridized carbons (Fsp3) is 0.333. The van der Waals surface area contributed by atoms with E-state index in [1.807, 2.05) is 24.3 Å². The number of benzene rings is 2. The van der Waals surface area contributed by atoms with Gasteiger partial charge in [0.15, 0.2) is 5.60 Å². The molecule has 4 rings (SSSR count). The highest BCUT2D eigenvalue weighted by atomic mass is 16.6. The lowest BCUT2D eigenvalue weighted by atomic mass is 9.98. The van der Waals surface area contributed by atoms with Crippen LogP contribution in [0.25, 0.3) is 11.1 Å². The molecule has 1 amide bonds. The van der Waals surface area contributed by atoms with Crippen molar-refractivity contribution in [1.29, 1.82) is 0 Å². The average Bonchev–Trinajstić information content (AvgIpc) is 3.00. The Labute approximate surface area is 157 Å². The van der Waals surface area contributed by atoms with Crippen LogP contribution in [0.4, 0.5) is 4.79 Å². The van der Waals surface area contributed by atoms with Gasteiger partial charge >= 0.3 is 12.1 Å². The zero-order valence-corrected chi connectivity index (χ0v) is 15.1. The van der Waals surface area contributed by atoms with E-state index in [1.165, 1.54) is 23.0 Å². The summed E-state index contributed by atoms with van der Waals surface area (Å²) < 4.78 is 10.9. The molecular weight excluding hydrogens is 346 g/mol. The Balaban J connectivity index is 1.49. The standard InChI is InChI=1S/C21H21NO5/c1-21(19(23)24)13-22(10-11-27-21)20(25)26-12-18-16-8-4-2-6-14(16)15-7-3-5-9-17(15)18/h2-9,18H,10-13H2,1H3,(H,23,24). The number of amides is 1. The first-order chi connectivity index (χ1) is 13.0. The summed E-state index contributed by atoms with van der Waals surface area (Å²) in [5.41, 5.74) is 3.22. The molecule has 27 heavy (non-hydrogen) atoms. The molecule has 2 aliphatic rings. The lowest BCUT2D eigenvalue weighted by Crippen LogP contribution is -2.56. The highest BCUT2D eigenvalue weighted by molar-refractivity contribution is 5.80. The van der Waals surface area contributed by atoms with E-state index in [1.54, 1.807) is 0 Å². The Bertz CT molecular complexity index is 850. The Kier molecular flexibility index (Phi) is 4.36. The molecule has 1 heterocycles. The number of carboxylic acids is 1. The van der Waals surface area contributed by atoms with E-state index in [9.17, 15) is 14.7 Å². The van der Waals surface area contributed by atoms with Crippen LogP contribution in [0, 0.1) is 0 Å². The Morgan fingerprint density at radius 1 is 1.15 bits per heavy atom. The number of carbonyl (C=O) groups is 2. The Hall–Kier alpha value is -2.86. The first-order valence-corrected chi connectivity index (χ1v) is 8.97. The van der Waals surface area contributed by atoms with Crippen molar-refractivity contribution in [3.8, 4) is 11.1 Å². The molecule has 6 heteroatoms. The van der Waals surface area contributed by atoms with Crippen LogP contribution in [0.5, 0.6) is 0 Å². The molecule has 1 N–H and O–H groups in total. The predicted octanol–water partition coefficient (Wildman–Crippen LogP) is 3.11. The van der Waals surface area contributed by atoms with E-state index in [0.717, 1.165) is 11.1 Å². The molecule has 1 atom stereocenters. The van der Waals surface area contributed by atoms with Crippen molar-refractivity contribution in [3.63, 3.8) is 0 Å². The van der Waals surface area contributed by atoms with Crippen LogP contribution < -0.4 is 0 Å². The minimum Gasteiger partial charge on any atom is -0.479 e.